The van der Waals surface area contributed by atoms with E-state index in [0.717, 1.165) is 5.25 Å². The summed E-state index contributed by atoms with van der Waals surface area (Å²) in [7, 11) is 2.10. The number of rotatable bonds is 3. The van der Waals surface area contributed by atoms with Crippen molar-refractivity contribution in [3.8, 4) is 0 Å². The summed E-state index contributed by atoms with van der Waals surface area (Å²) in [6, 6.07) is 2.80. The molecule has 0 amide bonds. The lowest BCUT2D eigenvalue weighted by atomic mass is 10.0. The highest BCUT2D eigenvalue weighted by Crippen LogP contribution is 2.37. The fraction of sp³-hybridized carbons (Fsp3) is 0.667. The Bertz CT molecular complexity index is 302. The van der Waals surface area contributed by atoms with Crippen LogP contribution in [0.3, 0.4) is 0 Å². The molecule has 1 saturated heterocycles. The predicted octanol–water partition coefficient (Wildman–Crippen LogP) is 3.60. The van der Waals surface area contributed by atoms with Crippen molar-refractivity contribution in [2.24, 2.45) is 0 Å². The van der Waals surface area contributed by atoms with E-state index in [4.69, 9.17) is 0 Å². The van der Waals surface area contributed by atoms with Crippen LogP contribution in [0, 0.1) is 6.92 Å². The summed E-state index contributed by atoms with van der Waals surface area (Å²) in [6.45, 7) is 2.23. The van der Waals surface area contributed by atoms with Gasteiger partial charge in [0.2, 0.25) is 0 Å². The van der Waals surface area contributed by atoms with Crippen molar-refractivity contribution in [3.05, 3.63) is 21.9 Å². The highest BCUT2D eigenvalue weighted by atomic mass is 32.2. The number of thioether (sulfide) groups is 1. The summed E-state index contributed by atoms with van der Waals surface area (Å²) < 4.78 is 0. The van der Waals surface area contributed by atoms with E-state index in [1.54, 1.807) is 0 Å². The Hall–Kier alpha value is 0.01000. The minimum absolute atomic E-state index is 0.565. The van der Waals surface area contributed by atoms with Gasteiger partial charge in [-0.15, -0.1) is 11.3 Å². The Morgan fingerprint density at radius 3 is 2.87 bits per heavy atom. The maximum Gasteiger partial charge on any atom is 0.0535 e. The van der Waals surface area contributed by atoms with Gasteiger partial charge in [0.05, 0.1) is 6.04 Å². The van der Waals surface area contributed by atoms with Gasteiger partial charge in [0.15, 0.2) is 0 Å². The van der Waals surface area contributed by atoms with Crippen molar-refractivity contribution in [1.29, 1.82) is 0 Å². The third-order valence-corrected chi connectivity index (χ3v) is 5.64. The van der Waals surface area contributed by atoms with Crippen molar-refractivity contribution in [1.82, 2.24) is 5.32 Å². The highest BCUT2D eigenvalue weighted by Gasteiger charge is 2.25. The first kappa shape index (κ1) is 11.5. The topological polar surface area (TPSA) is 12.0 Å². The molecule has 0 radical (unpaired) electrons. The molecule has 0 saturated carbocycles. The molecule has 0 bridgehead atoms. The van der Waals surface area contributed by atoms with Crippen molar-refractivity contribution < 1.29 is 0 Å². The summed E-state index contributed by atoms with van der Waals surface area (Å²) >= 11 is 4.05. The minimum atomic E-state index is 0.565. The second-order valence-corrected chi connectivity index (χ2v) is 6.43. The van der Waals surface area contributed by atoms with Gasteiger partial charge in [-0.25, -0.2) is 0 Å². The van der Waals surface area contributed by atoms with Crippen LogP contribution in [0.2, 0.25) is 0 Å². The van der Waals surface area contributed by atoms with Crippen molar-refractivity contribution in [2.75, 3.05) is 12.8 Å². The third kappa shape index (κ3) is 2.58. The second-order valence-electron chi connectivity index (χ2n) is 4.14. The van der Waals surface area contributed by atoms with Gasteiger partial charge < -0.3 is 5.32 Å². The van der Waals surface area contributed by atoms with Gasteiger partial charge in [-0.05, 0) is 49.6 Å². The van der Waals surface area contributed by atoms with Gasteiger partial charge in [0, 0.05) is 10.1 Å². The lowest BCUT2D eigenvalue weighted by Gasteiger charge is -2.29. The summed E-state index contributed by atoms with van der Waals surface area (Å²) in [5.74, 6) is 1.34. The standard InChI is InChI=1S/C12H19NS2/c1-9-6-8-15-12(9)11(13-2)10-5-3-4-7-14-10/h6,8,10-11,13H,3-5,7H2,1-2H3. The van der Waals surface area contributed by atoms with E-state index < -0.39 is 0 Å². The van der Waals surface area contributed by atoms with E-state index in [9.17, 15) is 0 Å². The molecule has 1 aromatic rings. The molecule has 1 nitrogen and oxygen atoms in total. The maximum absolute atomic E-state index is 3.50. The van der Waals surface area contributed by atoms with Crippen LogP contribution < -0.4 is 5.32 Å². The monoisotopic (exact) mass is 241 g/mol. The lowest BCUT2D eigenvalue weighted by molar-refractivity contribution is 0.521. The second kappa shape index (κ2) is 5.37. The summed E-state index contributed by atoms with van der Waals surface area (Å²) in [5, 5.41) is 6.49. The summed E-state index contributed by atoms with van der Waals surface area (Å²) in [5.41, 5.74) is 1.45. The molecule has 2 heterocycles. The Labute approximate surface area is 101 Å². The van der Waals surface area contributed by atoms with Crippen LogP contribution >= 0.6 is 23.1 Å². The van der Waals surface area contributed by atoms with Crippen LogP contribution in [-0.2, 0) is 0 Å². The molecule has 0 spiro atoms. The fourth-order valence-corrected chi connectivity index (χ4v) is 4.88. The van der Waals surface area contributed by atoms with Gasteiger partial charge in [0.25, 0.3) is 0 Å². The lowest BCUT2D eigenvalue weighted by Crippen LogP contribution is -2.29. The summed E-state index contributed by atoms with van der Waals surface area (Å²) in [4.78, 5) is 1.54. The smallest absolute Gasteiger partial charge is 0.0535 e. The molecule has 1 aromatic heterocycles. The Balaban J connectivity index is 2.12. The molecular formula is C12H19NS2. The average molecular weight is 241 g/mol. The average Bonchev–Trinajstić information content (AvgIpc) is 2.68. The molecule has 1 aliphatic heterocycles. The molecule has 2 unspecified atom stereocenters. The molecule has 2 atom stereocenters. The Kier molecular flexibility index (Phi) is 4.12. The Morgan fingerprint density at radius 1 is 1.47 bits per heavy atom. The SMILES string of the molecule is CNC(c1sccc1C)C1CCCCS1. The molecule has 3 heteroatoms. The largest absolute Gasteiger partial charge is 0.311 e. The van der Waals surface area contributed by atoms with E-state index in [0.29, 0.717) is 6.04 Å². The van der Waals surface area contributed by atoms with Crippen LogP contribution in [0.15, 0.2) is 11.4 Å². The molecule has 2 rings (SSSR count). The van der Waals surface area contributed by atoms with E-state index >= 15 is 0 Å². The van der Waals surface area contributed by atoms with Crippen LogP contribution in [0.4, 0.5) is 0 Å². The first-order valence-electron chi connectivity index (χ1n) is 5.66. The predicted molar refractivity (Wildman–Crippen MR) is 71.0 cm³/mol. The van der Waals surface area contributed by atoms with E-state index in [1.165, 1.54) is 35.5 Å². The first-order valence-corrected chi connectivity index (χ1v) is 7.58. The van der Waals surface area contributed by atoms with Crippen LogP contribution in [-0.4, -0.2) is 18.1 Å². The first-order chi connectivity index (χ1) is 7.33. The molecule has 1 aliphatic rings. The normalized spacial score (nSPS) is 24.0. The van der Waals surface area contributed by atoms with E-state index in [2.05, 4.69) is 42.5 Å². The molecule has 0 aliphatic carbocycles. The quantitative estimate of drug-likeness (QED) is 0.868. The van der Waals surface area contributed by atoms with E-state index in [1.807, 2.05) is 11.3 Å². The summed E-state index contributed by atoms with van der Waals surface area (Å²) in [6.07, 6.45) is 4.18. The number of hydrogen-bond acceptors (Lipinski definition) is 3. The molecule has 0 aromatic carbocycles. The van der Waals surface area contributed by atoms with Gasteiger partial charge in [-0.2, -0.15) is 11.8 Å². The number of aryl methyl sites for hydroxylation is 1. The van der Waals surface area contributed by atoms with Gasteiger partial charge in [-0.1, -0.05) is 6.42 Å². The molecule has 1 fully saturated rings. The van der Waals surface area contributed by atoms with Crippen molar-refractivity contribution in [3.63, 3.8) is 0 Å². The molecule has 1 N–H and O–H groups in total. The van der Waals surface area contributed by atoms with E-state index in [-0.39, 0.29) is 0 Å². The van der Waals surface area contributed by atoms with Crippen LogP contribution in [0.1, 0.15) is 35.7 Å². The zero-order chi connectivity index (χ0) is 10.7. The van der Waals surface area contributed by atoms with Gasteiger partial charge >= 0.3 is 0 Å². The molecule has 84 valence electrons. The zero-order valence-electron chi connectivity index (χ0n) is 9.45. The van der Waals surface area contributed by atoms with Gasteiger partial charge in [-0.3, -0.25) is 0 Å². The van der Waals surface area contributed by atoms with Crippen molar-refractivity contribution >= 4 is 23.1 Å². The molecule has 15 heavy (non-hydrogen) atoms. The van der Waals surface area contributed by atoms with Crippen LogP contribution in [0.5, 0.6) is 0 Å². The van der Waals surface area contributed by atoms with Crippen molar-refractivity contribution in [2.45, 2.75) is 37.5 Å². The number of thiophene rings is 1. The number of hydrogen-bond donors (Lipinski definition) is 1. The zero-order valence-corrected chi connectivity index (χ0v) is 11.1. The molecular weight excluding hydrogens is 222 g/mol. The van der Waals surface area contributed by atoms with Gasteiger partial charge in [0.1, 0.15) is 0 Å². The minimum Gasteiger partial charge on any atom is -0.311 e. The number of nitrogens with one attached hydrogen (secondary N) is 1. The van der Waals surface area contributed by atoms with Crippen LogP contribution in [0.25, 0.3) is 0 Å². The maximum atomic E-state index is 3.50. The fourth-order valence-electron chi connectivity index (χ4n) is 2.22. The highest BCUT2D eigenvalue weighted by molar-refractivity contribution is 8.00. The Morgan fingerprint density at radius 2 is 2.33 bits per heavy atom. The third-order valence-electron chi connectivity index (χ3n) is 3.08.